The summed E-state index contributed by atoms with van der Waals surface area (Å²) < 4.78 is 7.83. The molecule has 2 unspecified atom stereocenters. The van der Waals surface area contributed by atoms with Gasteiger partial charge in [0.15, 0.2) is 0 Å². The highest BCUT2D eigenvalue weighted by atomic mass is 16.6. The third-order valence-electron chi connectivity index (χ3n) is 8.18. The zero-order chi connectivity index (χ0) is 29.7. The Balaban J connectivity index is 1.73. The lowest BCUT2D eigenvalue weighted by Gasteiger charge is -2.48. The van der Waals surface area contributed by atoms with Crippen molar-refractivity contribution < 1.29 is 19.7 Å². The molecule has 0 radical (unpaired) electrons. The van der Waals surface area contributed by atoms with Crippen LogP contribution in [0.1, 0.15) is 98.5 Å². The van der Waals surface area contributed by atoms with Gasteiger partial charge in [0, 0.05) is 44.0 Å². The van der Waals surface area contributed by atoms with Gasteiger partial charge in [-0.05, 0) is 78.4 Å². The highest BCUT2D eigenvalue weighted by Gasteiger charge is 2.49. The van der Waals surface area contributed by atoms with Crippen LogP contribution in [0.25, 0.3) is 0 Å². The molecule has 0 bridgehead atoms. The van der Waals surface area contributed by atoms with Gasteiger partial charge in [-0.1, -0.05) is 42.6 Å². The van der Waals surface area contributed by atoms with E-state index >= 15 is 0 Å². The van der Waals surface area contributed by atoms with Crippen LogP contribution in [0.5, 0.6) is 0 Å². The Labute approximate surface area is 239 Å². The van der Waals surface area contributed by atoms with Crippen molar-refractivity contribution in [3.05, 3.63) is 58.0 Å². The molecule has 2 aliphatic rings. The molecule has 220 valence electrons. The van der Waals surface area contributed by atoms with E-state index in [0.717, 1.165) is 36.8 Å². The minimum Gasteiger partial charge on any atom is -0.442 e. The largest absolute Gasteiger partial charge is 0.442 e. The second-order valence-corrected chi connectivity index (χ2v) is 12.9. The van der Waals surface area contributed by atoms with Gasteiger partial charge in [0.1, 0.15) is 5.60 Å². The molecule has 4 atom stereocenters. The molecule has 40 heavy (non-hydrogen) atoms. The standard InChI is InChI=1S/C33H48N2O5/c1-8-26(27-17-18-29(36)34(21-27)23-32(6,7)39)16-15-24(2)25(3)35-20-19-33(40-30(35)37,22-31(4,5)38)28-13-11-9-10-12-14-28/h11,13,15,17-18,21,25-26,28,38-39H,8,12,14,16,19-20,22-23H2,1-7H3/b24-15+/t25-,26?,28?,33-/m0/s1. The average molecular weight is 553 g/mol. The first-order valence-electron chi connectivity index (χ1n) is 14.6. The van der Waals surface area contributed by atoms with Crippen molar-refractivity contribution >= 4 is 6.09 Å². The number of aliphatic hydroxyl groups is 2. The van der Waals surface area contributed by atoms with Gasteiger partial charge in [-0.15, -0.1) is 0 Å². The Bertz CT molecular complexity index is 1220. The maximum atomic E-state index is 13.5. The maximum Gasteiger partial charge on any atom is 0.410 e. The second-order valence-electron chi connectivity index (χ2n) is 12.9. The van der Waals surface area contributed by atoms with Crippen molar-refractivity contribution in [3.63, 3.8) is 0 Å². The summed E-state index contributed by atoms with van der Waals surface area (Å²) in [7, 11) is 0. The van der Waals surface area contributed by atoms with Crippen LogP contribution in [-0.4, -0.2) is 55.2 Å². The molecule has 7 nitrogen and oxygen atoms in total. The molecular weight excluding hydrogens is 504 g/mol. The third-order valence-corrected chi connectivity index (χ3v) is 8.18. The molecule has 1 aromatic rings. The number of aromatic nitrogens is 1. The summed E-state index contributed by atoms with van der Waals surface area (Å²) in [6.07, 6.45) is 11.8. The van der Waals surface area contributed by atoms with E-state index in [9.17, 15) is 19.8 Å². The Hall–Kier alpha value is -2.82. The molecule has 1 saturated heterocycles. The van der Waals surface area contributed by atoms with Crippen molar-refractivity contribution in [3.8, 4) is 11.8 Å². The molecule has 2 heterocycles. The number of hydrogen-bond donors (Lipinski definition) is 2. The quantitative estimate of drug-likeness (QED) is 0.277. The Kier molecular flexibility index (Phi) is 10.1. The zero-order valence-corrected chi connectivity index (χ0v) is 25.4. The van der Waals surface area contributed by atoms with Gasteiger partial charge in [-0.3, -0.25) is 4.79 Å². The van der Waals surface area contributed by atoms with Crippen LogP contribution in [0.3, 0.4) is 0 Å². The zero-order valence-electron chi connectivity index (χ0n) is 25.4. The number of nitrogens with zero attached hydrogens (tertiary/aromatic N) is 2. The van der Waals surface area contributed by atoms with E-state index in [4.69, 9.17) is 4.74 Å². The number of ether oxygens (including phenoxy) is 1. The smallest absolute Gasteiger partial charge is 0.410 e. The number of amides is 1. The predicted molar refractivity (Wildman–Crippen MR) is 159 cm³/mol. The first-order valence-corrected chi connectivity index (χ1v) is 14.6. The summed E-state index contributed by atoms with van der Waals surface area (Å²) in [5, 5.41) is 20.9. The van der Waals surface area contributed by atoms with E-state index in [1.54, 1.807) is 43.2 Å². The molecule has 2 N–H and O–H groups in total. The van der Waals surface area contributed by atoms with Crippen molar-refractivity contribution in [2.24, 2.45) is 5.92 Å². The summed E-state index contributed by atoms with van der Waals surface area (Å²) in [4.78, 5) is 27.6. The lowest BCUT2D eigenvalue weighted by Crippen LogP contribution is -2.57. The summed E-state index contributed by atoms with van der Waals surface area (Å²) in [5.74, 6) is 6.34. The van der Waals surface area contributed by atoms with E-state index in [-0.39, 0.29) is 36.1 Å². The first kappa shape index (κ1) is 31.7. The van der Waals surface area contributed by atoms with E-state index in [1.807, 2.05) is 38.3 Å². The summed E-state index contributed by atoms with van der Waals surface area (Å²) >= 11 is 0. The van der Waals surface area contributed by atoms with E-state index < -0.39 is 16.8 Å². The number of pyridine rings is 1. The van der Waals surface area contributed by atoms with Gasteiger partial charge in [0.25, 0.3) is 5.56 Å². The molecule has 0 aromatic carbocycles. The van der Waals surface area contributed by atoms with Gasteiger partial charge >= 0.3 is 6.09 Å². The van der Waals surface area contributed by atoms with Crippen molar-refractivity contribution in [2.75, 3.05) is 6.54 Å². The lowest BCUT2D eigenvalue weighted by atomic mass is 9.74. The van der Waals surface area contributed by atoms with Crippen molar-refractivity contribution in [1.29, 1.82) is 0 Å². The molecule has 0 spiro atoms. The molecular formula is C33H48N2O5. The maximum absolute atomic E-state index is 13.5. The van der Waals surface area contributed by atoms with Gasteiger partial charge in [-0.25, -0.2) is 4.79 Å². The van der Waals surface area contributed by atoms with Gasteiger partial charge in [0.05, 0.1) is 23.8 Å². The van der Waals surface area contributed by atoms with Gasteiger partial charge in [-0.2, -0.15) is 0 Å². The fourth-order valence-corrected chi connectivity index (χ4v) is 5.96. The summed E-state index contributed by atoms with van der Waals surface area (Å²) in [6.45, 7) is 13.9. The fourth-order valence-electron chi connectivity index (χ4n) is 5.96. The molecule has 1 aliphatic heterocycles. The Morgan fingerprint density at radius 1 is 1.23 bits per heavy atom. The van der Waals surface area contributed by atoms with Crippen LogP contribution < -0.4 is 5.56 Å². The number of allylic oxidation sites excluding steroid dienone is 2. The fraction of sp³-hybridized carbons (Fsp3) is 0.636. The molecule has 1 aromatic heterocycles. The number of cyclic esters (lactones) is 1. The summed E-state index contributed by atoms with van der Waals surface area (Å²) in [6, 6.07) is 3.31. The molecule has 3 rings (SSSR count). The molecule has 1 fully saturated rings. The Morgan fingerprint density at radius 3 is 2.58 bits per heavy atom. The third kappa shape index (κ3) is 8.34. The lowest BCUT2D eigenvalue weighted by molar-refractivity contribution is -0.116. The van der Waals surface area contributed by atoms with E-state index in [2.05, 4.69) is 24.8 Å². The van der Waals surface area contributed by atoms with Crippen LogP contribution >= 0.6 is 0 Å². The SMILES string of the molecule is CCC(C/C=C(\C)[C@H](C)N1CC[C@](CC(C)(C)O)(C2C=CC#CCC2)OC1=O)c1ccc(=O)n(CC(C)(C)O)c1. The number of rotatable bonds is 11. The minimum absolute atomic E-state index is 0.00976. The molecule has 1 amide bonds. The topological polar surface area (TPSA) is 92.0 Å². The first-order chi connectivity index (χ1) is 18.6. The Morgan fingerprint density at radius 2 is 1.95 bits per heavy atom. The highest BCUT2D eigenvalue weighted by Crippen LogP contribution is 2.42. The summed E-state index contributed by atoms with van der Waals surface area (Å²) in [5.41, 5.74) is -0.723. The van der Waals surface area contributed by atoms with E-state index in [0.29, 0.717) is 19.4 Å². The normalized spacial score (nSPS) is 23.6. The average Bonchev–Trinajstić information content (AvgIpc) is 3.14. The van der Waals surface area contributed by atoms with Crippen molar-refractivity contribution in [1.82, 2.24) is 9.47 Å². The monoisotopic (exact) mass is 552 g/mol. The van der Waals surface area contributed by atoms with Gasteiger partial charge in [0.2, 0.25) is 0 Å². The molecule has 0 saturated carbocycles. The number of hydrogen-bond acceptors (Lipinski definition) is 5. The minimum atomic E-state index is -0.982. The number of carbonyl (C=O) groups excluding carboxylic acids is 1. The van der Waals surface area contributed by atoms with Crippen LogP contribution in [0.15, 0.2) is 46.9 Å². The number of carbonyl (C=O) groups is 1. The second kappa shape index (κ2) is 12.8. The molecule has 7 heteroatoms. The van der Waals surface area contributed by atoms with Crippen LogP contribution in [0.2, 0.25) is 0 Å². The van der Waals surface area contributed by atoms with Crippen molar-refractivity contribution in [2.45, 2.75) is 122 Å². The van der Waals surface area contributed by atoms with Crippen LogP contribution in [-0.2, 0) is 11.3 Å². The van der Waals surface area contributed by atoms with E-state index in [1.165, 1.54) is 0 Å². The van der Waals surface area contributed by atoms with Gasteiger partial charge < -0.3 is 24.4 Å². The highest BCUT2D eigenvalue weighted by molar-refractivity contribution is 5.70. The predicted octanol–water partition coefficient (Wildman–Crippen LogP) is 5.55. The molecule has 1 aliphatic carbocycles. The van der Waals surface area contributed by atoms with Crippen LogP contribution in [0.4, 0.5) is 4.79 Å². The van der Waals surface area contributed by atoms with Crippen LogP contribution in [0, 0.1) is 17.8 Å².